The Bertz CT molecular complexity index is 499. The molecule has 0 aliphatic heterocycles. The van der Waals surface area contributed by atoms with E-state index in [0.717, 1.165) is 22.5 Å². The van der Waals surface area contributed by atoms with E-state index in [-0.39, 0.29) is 0 Å². The lowest BCUT2D eigenvalue weighted by Gasteiger charge is -2.09. The first-order valence-corrected chi connectivity index (χ1v) is 6.73. The number of rotatable bonds is 5. The molecule has 94 valence electrons. The number of anilines is 1. The number of para-hydroxylation sites is 1. The first kappa shape index (κ1) is 13.0. The van der Waals surface area contributed by atoms with Gasteiger partial charge in [-0.05, 0) is 42.8 Å². The molecule has 18 heavy (non-hydrogen) atoms. The average molecular weight is 306 g/mol. The third-order valence-electron chi connectivity index (χ3n) is 2.60. The van der Waals surface area contributed by atoms with Gasteiger partial charge >= 0.3 is 0 Å². The summed E-state index contributed by atoms with van der Waals surface area (Å²) >= 11 is 3.49. The van der Waals surface area contributed by atoms with Crippen molar-refractivity contribution >= 4 is 21.6 Å². The van der Waals surface area contributed by atoms with Crippen LogP contribution in [0.25, 0.3) is 0 Å². The molecule has 0 unspecified atom stereocenters. The van der Waals surface area contributed by atoms with Gasteiger partial charge in [-0.25, -0.2) is 0 Å². The highest BCUT2D eigenvalue weighted by molar-refractivity contribution is 9.10. The van der Waals surface area contributed by atoms with E-state index in [2.05, 4.69) is 46.4 Å². The third kappa shape index (κ3) is 3.77. The van der Waals surface area contributed by atoms with Crippen LogP contribution in [-0.2, 0) is 0 Å². The molecular formula is C15H16BrNO. The van der Waals surface area contributed by atoms with Crippen LogP contribution in [0.1, 0.15) is 5.56 Å². The SMILES string of the molecule is Cc1cc(NCCOc2ccccc2)ccc1Br. The fourth-order valence-corrected chi connectivity index (χ4v) is 1.88. The van der Waals surface area contributed by atoms with Crippen LogP contribution in [0.3, 0.4) is 0 Å². The summed E-state index contributed by atoms with van der Waals surface area (Å²) in [4.78, 5) is 0. The van der Waals surface area contributed by atoms with Gasteiger partial charge in [0.1, 0.15) is 12.4 Å². The van der Waals surface area contributed by atoms with Gasteiger partial charge in [-0.15, -0.1) is 0 Å². The highest BCUT2D eigenvalue weighted by Gasteiger charge is 1.97. The zero-order valence-corrected chi connectivity index (χ0v) is 11.9. The van der Waals surface area contributed by atoms with Crippen molar-refractivity contribution in [3.63, 3.8) is 0 Å². The Kier molecular flexibility index (Phi) is 4.65. The second-order valence-electron chi connectivity index (χ2n) is 4.05. The van der Waals surface area contributed by atoms with Gasteiger partial charge in [0.15, 0.2) is 0 Å². The van der Waals surface area contributed by atoms with E-state index in [9.17, 15) is 0 Å². The van der Waals surface area contributed by atoms with Crippen LogP contribution in [0.4, 0.5) is 5.69 Å². The van der Waals surface area contributed by atoms with Crippen LogP contribution in [0.5, 0.6) is 5.75 Å². The van der Waals surface area contributed by atoms with Gasteiger partial charge in [-0.2, -0.15) is 0 Å². The van der Waals surface area contributed by atoms with Crippen LogP contribution in [-0.4, -0.2) is 13.2 Å². The average Bonchev–Trinajstić information content (AvgIpc) is 2.40. The van der Waals surface area contributed by atoms with Gasteiger partial charge in [0, 0.05) is 16.7 Å². The van der Waals surface area contributed by atoms with Crippen LogP contribution in [0.15, 0.2) is 53.0 Å². The minimum atomic E-state index is 0.652. The third-order valence-corrected chi connectivity index (χ3v) is 3.49. The molecular weight excluding hydrogens is 290 g/mol. The van der Waals surface area contributed by atoms with Crippen LogP contribution < -0.4 is 10.1 Å². The molecule has 2 nitrogen and oxygen atoms in total. The summed E-state index contributed by atoms with van der Waals surface area (Å²) in [7, 11) is 0. The Morgan fingerprint density at radius 1 is 1.11 bits per heavy atom. The Morgan fingerprint density at radius 2 is 1.89 bits per heavy atom. The molecule has 0 spiro atoms. The summed E-state index contributed by atoms with van der Waals surface area (Å²) in [5, 5.41) is 3.34. The monoisotopic (exact) mass is 305 g/mol. The predicted octanol–water partition coefficient (Wildman–Crippen LogP) is 4.25. The number of hydrogen-bond acceptors (Lipinski definition) is 2. The topological polar surface area (TPSA) is 21.3 Å². The molecule has 2 aromatic carbocycles. The Morgan fingerprint density at radius 3 is 2.61 bits per heavy atom. The Labute approximate surface area is 116 Å². The van der Waals surface area contributed by atoms with E-state index in [1.165, 1.54) is 5.56 Å². The number of hydrogen-bond donors (Lipinski definition) is 1. The molecule has 1 N–H and O–H groups in total. The standard InChI is InChI=1S/C15H16BrNO/c1-12-11-13(7-8-15(12)16)17-9-10-18-14-5-3-2-4-6-14/h2-8,11,17H,9-10H2,1H3. The molecule has 0 fully saturated rings. The van der Waals surface area contributed by atoms with Crippen LogP contribution in [0.2, 0.25) is 0 Å². The van der Waals surface area contributed by atoms with Crippen LogP contribution >= 0.6 is 15.9 Å². The number of nitrogens with one attached hydrogen (secondary N) is 1. The highest BCUT2D eigenvalue weighted by atomic mass is 79.9. The van der Waals surface area contributed by atoms with Gasteiger partial charge in [0.05, 0.1) is 0 Å². The van der Waals surface area contributed by atoms with E-state index in [4.69, 9.17) is 4.74 Å². The Balaban J connectivity index is 1.77. The smallest absolute Gasteiger partial charge is 0.119 e. The first-order valence-electron chi connectivity index (χ1n) is 5.93. The molecule has 2 aromatic rings. The summed E-state index contributed by atoms with van der Waals surface area (Å²) in [6, 6.07) is 16.1. The van der Waals surface area contributed by atoms with Crippen molar-refractivity contribution < 1.29 is 4.74 Å². The van der Waals surface area contributed by atoms with Gasteiger partial charge in [-0.1, -0.05) is 34.1 Å². The van der Waals surface area contributed by atoms with Crippen molar-refractivity contribution in [3.8, 4) is 5.75 Å². The maximum absolute atomic E-state index is 5.61. The molecule has 0 atom stereocenters. The molecule has 3 heteroatoms. The fraction of sp³-hybridized carbons (Fsp3) is 0.200. The molecule has 2 rings (SSSR count). The van der Waals surface area contributed by atoms with Crippen molar-refractivity contribution in [3.05, 3.63) is 58.6 Å². The van der Waals surface area contributed by atoms with Gasteiger partial charge in [0.2, 0.25) is 0 Å². The van der Waals surface area contributed by atoms with Crippen molar-refractivity contribution in [2.24, 2.45) is 0 Å². The van der Waals surface area contributed by atoms with Gasteiger partial charge in [0.25, 0.3) is 0 Å². The molecule has 0 saturated heterocycles. The lowest BCUT2D eigenvalue weighted by atomic mass is 10.2. The van der Waals surface area contributed by atoms with Gasteiger partial charge in [-0.3, -0.25) is 0 Å². The molecule has 0 radical (unpaired) electrons. The normalized spacial score (nSPS) is 10.1. The highest BCUT2D eigenvalue weighted by Crippen LogP contribution is 2.19. The summed E-state index contributed by atoms with van der Waals surface area (Å²) < 4.78 is 6.74. The Hall–Kier alpha value is -1.48. The predicted molar refractivity (Wildman–Crippen MR) is 79.3 cm³/mol. The molecule has 0 aliphatic rings. The summed E-state index contributed by atoms with van der Waals surface area (Å²) in [5.41, 5.74) is 2.34. The molecule has 0 bridgehead atoms. The maximum atomic E-state index is 5.61. The molecule has 0 heterocycles. The summed E-state index contributed by atoms with van der Waals surface area (Å²) in [6.45, 7) is 3.52. The molecule has 0 aliphatic carbocycles. The fourth-order valence-electron chi connectivity index (χ4n) is 1.64. The van der Waals surface area contributed by atoms with Crippen molar-refractivity contribution in [1.29, 1.82) is 0 Å². The molecule has 0 aromatic heterocycles. The van der Waals surface area contributed by atoms with E-state index in [0.29, 0.717) is 6.61 Å². The van der Waals surface area contributed by atoms with E-state index in [1.54, 1.807) is 0 Å². The number of benzene rings is 2. The number of ether oxygens (including phenoxy) is 1. The molecule has 0 saturated carbocycles. The first-order chi connectivity index (χ1) is 8.75. The van der Waals surface area contributed by atoms with E-state index in [1.807, 2.05) is 30.3 Å². The lowest BCUT2D eigenvalue weighted by Crippen LogP contribution is -2.11. The van der Waals surface area contributed by atoms with Crippen LogP contribution in [0, 0.1) is 6.92 Å². The number of halogens is 1. The second kappa shape index (κ2) is 6.45. The van der Waals surface area contributed by atoms with E-state index < -0.39 is 0 Å². The van der Waals surface area contributed by atoms with Crippen molar-refractivity contribution in [1.82, 2.24) is 0 Å². The lowest BCUT2D eigenvalue weighted by molar-refractivity contribution is 0.333. The zero-order chi connectivity index (χ0) is 12.8. The minimum absolute atomic E-state index is 0.652. The second-order valence-corrected chi connectivity index (χ2v) is 4.91. The minimum Gasteiger partial charge on any atom is -0.492 e. The number of aryl methyl sites for hydroxylation is 1. The zero-order valence-electron chi connectivity index (χ0n) is 10.3. The largest absolute Gasteiger partial charge is 0.492 e. The van der Waals surface area contributed by atoms with Crippen molar-refractivity contribution in [2.45, 2.75) is 6.92 Å². The maximum Gasteiger partial charge on any atom is 0.119 e. The summed E-state index contributed by atoms with van der Waals surface area (Å²) in [6.07, 6.45) is 0. The van der Waals surface area contributed by atoms with E-state index >= 15 is 0 Å². The summed E-state index contributed by atoms with van der Waals surface area (Å²) in [5.74, 6) is 0.909. The quantitative estimate of drug-likeness (QED) is 0.834. The van der Waals surface area contributed by atoms with Crippen molar-refractivity contribution in [2.75, 3.05) is 18.5 Å². The molecule has 0 amide bonds. The van der Waals surface area contributed by atoms with Gasteiger partial charge < -0.3 is 10.1 Å².